The Labute approximate surface area is 81.2 Å². The molecule has 2 rings (SSSR count). The van der Waals surface area contributed by atoms with Gasteiger partial charge >= 0.3 is 0 Å². The Kier molecular flexibility index (Phi) is 7.02. The Morgan fingerprint density at radius 2 is 1.77 bits per heavy atom. The van der Waals surface area contributed by atoms with Gasteiger partial charge in [-0.3, -0.25) is 0 Å². The predicted octanol–water partition coefficient (Wildman–Crippen LogP) is 2.26. The third-order valence-electron chi connectivity index (χ3n) is 1.73. The summed E-state index contributed by atoms with van der Waals surface area (Å²) >= 11 is 0. The third kappa shape index (κ3) is 3.47. The van der Waals surface area contributed by atoms with Crippen molar-refractivity contribution < 1.29 is 0 Å². The molecule has 0 spiro atoms. The molecule has 0 amide bonds. The van der Waals surface area contributed by atoms with Crippen molar-refractivity contribution in [2.24, 2.45) is 5.73 Å². The second-order valence-electron chi connectivity index (χ2n) is 2.33. The number of rotatable bonds is 0. The Morgan fingerprint density at radius 3 is 2.38 bits per heavy atom. The van der Waals surface area contributed by atoms with Gasteiger partial charge in [0.05, 0.1) is 0 Å². The van der Waals surface area contributed by atoms with Crippen LogP contribution in [-0.2, 0) is 6.42 Å². The van der Waals surface area contributed by atoms with E-state index in [1.807, 2.05) is 13.8 Å². The highest BCUT2D eigenvalue weighted by Crippen LogP contribution is 2.19. The van der Waals surface area contributed by atoms with Crippen molar-refractivity contribution >= 4 is 5.69 Å². The molecule has 1 aromatic rings. The maximum atomic E-state index is 4.50. The first-order valence-electron chi connectivity index (χ1n) is 4.86. The van der Waals surface area contributed by atoms with Crippen LogP contribution in [0.3, 0.4) is 0 Å². The lowest BCUT2D eigenvalue weighted by Gasteiger charge is -1.94. The molecular formula is C11H20N2. The molecule has 0 aliphatic carbocycles. The van der Waals surface area contributed by atoms with Gasteiger partial charge < -0.3 is 11.1 Å². The van der Waals surface area contributed by atoms with Gasteiger partial charge in [-0.1, -0.05) is 32.0 Å². The van der Waals surface area contributed by atoms with Gasteiger partial charge in [0.2, 0.25) is 0 Å². The average molecular weight is 180 g/mol. The van der Waals surface area contributed by atoms with Crippen LogP contribution in [0.2, 0.25) is 0 Å². The minimum absolute atomic E-state index is 1.11. The number of anilines is 1. The summed E-state index contributed by atoms with van der Waals surface area (Å²) in [6.07, 6.45) is 1.19. The van der Waals surface area contributed by atoms with Gasteiger partial charge in [0.15, 0.2) is 0 Å². The number of nitrogens with two attached hydrogens (primary N) is 1. The quantitative estimate of drug-likeness (QED) is 0.642. The largest absolute Gasteiger partial charge is 0.384 e. The monoisotopic (exact) mass is 180 g/mol. The summed E-state index contributed by atoms with van der Waals surface area (Å²) < 4.78 is 0. The minimum Gasteiger partial charge on any atom is -0.384 e. The first kappa shape index (κ1) is 12.0. The van der Waals surface area contributed by atoms with Crippen molar-refractivity contribution in [1.82, 2.24) is 0 Å². The van der Waals surface area contributed by atoms with Crippen LogP contribution in [-0.4, -0.2) is 13.6 Å². The Morgan fingerprint density at radius 1 is 1.15 bits per heavy atom. The van der Waals surface area contributed by atoms with Gasteiger partial charge in [-0.2, -0.15) is 0 Å². The number of hydrogen-bond donors (Lipinski definition) is 2. The molecule has 0 atom stereocenters. The summed E-state index contributed by atoms with van der Waals surface area (Å²) in [5.74, 6) is 0. The average Bonchev–Trinajstić information content (AvgIpc) is 2.71. The van der Waals surface area contributed by atoms with E-state index < -0.39 is 0 Å². The smallest absolute Gasteiger partial charge is 0.0373 e. The van der Waals surface area contributed by atoms with Crippen LogP contribution in [0.4, 0.5) is 5.69 Å². The fourth-order valence-corrected chi connectivity index (χ4v) is 1.24. The van der Waals surface area contributed by atoms with Gasteiger partial charge in [0, 0.05) is 12.2 Å². The van der Waals surface area contributed by atoms with E-state index in [0.29, 0.717) is 0 Å². The summed E-state index contributed by atoms with van der Waals surface area (Å²) in [7, 11) is 1.50. The lowest BCUT2D eigenvalue weighted by molar-refractivity contribution is 1.11. The second-order valence-corrected chi connectivity index (χ2v) is 2.33. The molecule has 2 nitrogen and oxygen atoms in total. The molecule has 1 aromatic carbocycles. The van der Waals surface area contributed by atoms with Crippen molar-refractivity contribution in [3.05, 3.63) is 29.8 Å². The highest BCUT2D eigenvalue weighted by molar-refractivity contribution is 5.54. The predicted molar refractivity (Wildman–Crippen MR) is 60.1 cm³/mol. The number of benzene rings is 1. The van der Waals surface area contributed by atoms with E-state index in [1.54, 1.807) is 0 Å². The van der Waals surface area contributed by atoms with Crippen molar-refractivity contribution in [3.8, 4) is 0 Å². The first-order chi connectivity index (χ1) is 6.47. The highest BCUT2D eigenvalue weighted by atomic mass is 14.9. The molecule has 74 valence electrons. The summed E-state index contributed by atoms with van der Waals surface area (Å²) in [6.45, 7) is 5.11. The molecule has 13 heavy (non-hydrogen) atoms. The molecule has 0 bridgehead atoms. The Hall–Kier alpha value is -1.02. The van der Waals surface area contributed by atoms with Gasteiger partial charge in [0.1, 0.15) is 0 Å². The SMILES string of the molecule is CC.CN.c1ccc2c(c1)CCN2. The number of fused-ring (bicyclic) bond motifs is 1. The zero-order valence-corrected chi connectivity index (χ0v) is 8.80. The third-order valence-corrected chi connectivity index (χ3v) is 1.73. The van der Waals surface area contributed by atoms with Crippen LogP contribution in [0, 0.1) is 0 Å². The van der Waals surface area contributed by atoms with Gasteiger partial charge in [-0.25, -0.2) is 0 Å². The molecule has 1 aliphatic rings. The van der Waals surface area contributed by atoms with E-state index in [4.69, 9.17) is 0 Å². The minimum atomic E-state index is 1.11. The van der Waals surface area contributed by atoms with E-state index in [-0.39, 0.29) is 0 Å². The molecule has 0 radical (unpaired) electrons. The number of para-hydroxylation sites is 1. The van der Waals surface area contributed by atoms with Crippen LogP contribution in [0.25, 0.3) is 0 Å². The first-order valence-corrected chi connectivity index (χ1v) is 4.86. The second kappa shape index (κ2) is 7.62. The zero-order valence-electron chi connectivity index (χ0n) is 8.80. The van der Waals surface area contributed by atoms with Gasteiger partial charge in [-0.05, 0) is 25.1 Å². The number of nitrogens with one attached hydrogen (secondary N) is 1. The van der Waals surface area contributed by atoms with E-state index in [9.17, 15) is 0 Å². The fraction of sp³-hybridized carbons (Fsp3) is 0.455. The van der Waals surface area contributed by atoms with E-state index in [1.165, 1.54) is 24.7 Å². The summed E-state index contributed by atoms with van der Waals surface area (Å²) in [6, 6.07) is 8.46. The standard InChI is InChI=1S/C8H9N.C2H6.CH5N/c1-2-4-8-7(3-1)5-6-9-8;2*1-2/h1-4,9H,5-6H2;1-2H3;2H2,1H3. The fourth-order valence-electron chi connectivity index (χ4n) is 1.24. The van der Waals surface area contributed by atoms with E-state index in [0.717, 1.165) is 6.54 Å². The van der Waals surface area contributed by atoms with E-state index >= 15 is 0 Å². The topological polar surface area (TPSA) is 38.0 Å². The Balaban J connectivity index is 0.000000322. The van der Waals surface area contributed by atoms with Crippen LogP contribution < -0.4 is 11.1 Å². The Bertz CT molecular complexity index is 198. The highest BCUT2D eigenvalue weighted by Gasteiger charge is 2.05. The molecule has 0 saturated carbocycles. The molecule has 0 aromatic heterocycles. The molecular weight excluding hydrogens is 160 g/mol. The van der Waals surface area contributed by atoms with Crippen LogP contribution in [0.1, 0.15) is 19.4 Å². The van der Waals surface area contributed by atoms with Crippen LogP contribution in [0.5, 0.6) is 0 Å². The van der Waals surface area contributed by atoms with Gasteiger partial charge in [0.25, 0.3) is 0 Å². The lowest BCUT2D eigenvalue weighted by atomic mass is 10.2. The number of hydrogen-bond acceptors (Lipinski definition) is 2. The summed E-state index contributed by atoms with van der Waals surface area (Å²) in [5.41, 5.74) is 7.27. The molecule has 2 heteroatoms. The van der Waals surface area contributed by atoms with Crippen molar-refractivity contribution in [1.29, 1.82) is 0 Å². The van der Waals surface area contributed by atoms with Crippen LogP contribution in [0.15, 0.2) is 24.3 Å². The normalized spacial score (nSPS) is 11.1. The van der Waals surface area contributed by atoms with Crippen LogP contribution >= 0.6 is 0 Å². The summed E-state index contributed by atoms with van der Waals surface area (Å²) in [5, 5.41) is 3.30. The molecule has 1 aliphatic heterocycles. The molecule has 3 N–H and O–H groups in total. The van der Waals surface area contributed by atoms with Crippen molar-refractivity contribution in [2.75, 3.05) is 18.9 Å². The zero-order chi connectivity index (χ0) is 10.1. The summed E-state index contributed by atoms with van der Waals surface area (Å²) in [4.78, 5) is 0. The molecule has 0 saturated heterocycles. The lowest BCUT2D eigenvalue weighted by Crippen LogP contribution is -1.90. The molecule has 1 heterocycles. The van der Waals surface area contributed by atoms with Crippen molar-refractivity contribution in [3.63, 3.8) is 0 Å². The van der Waals surface area contributed by atoms with E-state index in [2.05, 4.69) is 35.3 Å². The van der Waals surface area contributed by atoms with Crippen molar-refractivity contribution in [2.45, 2.75) is 20.3 Å². The maximum Gasteiger partial charge on any atom is 0.0373 e. The molecule has 0 fully saturated rings. The van der Waals surface area contributed by atoms with Gasteiger partial charge in [-0.15, -0.1) is 0 Å². The maximum absolute atomic E-state index is 4.50. The molecule has 0 unspecified atom stereocenters.